The number of furan rings is 1. The van der Waals surface area contributed by atoms with Gasteiger partial charge in [-0.25, -0.2) is 13.1 Å². The third-order valence-electron chi connectivity index (χ3n) is 2.83. The smallest absolute Gasteiger partial charge is 0.248 e. The van der Waals surface area contributed by atoms with E-state index in [0.717, 1.165) is 0 Å². The van der Waals surface area contributed by atoms with Gasteiger partial charge in [0, 0.05) is 18.5 Å². The molecule has 1 heterocycles. The summed E-state index contributed by atoms with van der Waals surface area (Å²) in [5.74, 6) is 0.00572. The lowest BCUT2D eigenvalue weighted by Crippen LogP contribution is -2.27. The van der Waals surface area contributed by atoms with E-state index in [1.807, 2.05) is 0 Å². The number of nitrogens with one attached hydrogen (secondary N) is 1. The highest BCUT2D eigenvalue weighted by Crippen LogP contribution is 2.19. The van der Waals surface area contributed by atoms with Crippen molar-refractivity contribution in [2.24, 2.45) is 5.73 Å². The number of hydrogen-bond acceptors (Lipinski definition) is 5. The number of nitrogen functional groups attached to an aromatic ring is 1. The summed E-state index contributed by atoms with van der Waals surface area (Å²) in [5.41, 5.74) is 10.9. The molecule has 0 bridgehead atoms. The number of benzene rings is 1. The van der Waals surface area contributed by atoms with Crippen molar-refractivity contribution < 1.29 is 17.6 Å². The van der Waals surface area contributed by atoms with Gasteiger partial charge < -0.3 is 15.9 Å². The molecule has 0 aliphatic heterocycles. The van der Waals surface area contributed by atoms with Crippen molar-refractivity contribution in [3.63, 3.8) is 0 Å². The second-order valence-corrected chi connectivity index (χ2v) is 6.08. The Morgan fingerprint density at radius 2 is 2.05 bits per heavy atom. The molecular formula is C13H15N3O4S. The molecule has 0 atom stereocenters. The van der Waals surface area contributed by atoms with Crippen LogP contribution in [-0.2, 0) is 16.4 Å². The summed E-state index contributed by atoms with van der Waals surface area (Å²) in [6, 6.07) is 7.29. The molecule has 112 valence electrons. The van der Waals surface area contributed by atoms with Crippen molar-refractivity contribution in [1.29, 1.82) is 0 Å². The Kier molecular flexibility index (Phi) is 4.29. The monoisotopic (exact) mass is 309 g/mol. The molecule has 5 N–H and O–H groups in total. The Hall–Kier alpha value is -2.32. The van der Waals surface area contributed by atoms with Crippen LogP contribution in [0.5, 0.6) is 0 Å². The lowest BCUT2D eigenvalue weighted by atomic mass is 10.2. The average molecular weight is 309 g/mol. The van der Waals surface area contributed by atoms with Crippen LogP contribution in [0.15, 0.2) is 45.9 Å². The van der Waals surface area contributed by atoms with Crippen LogP contribution in [0.1, 0.15) is 16.1 Å². The highest BCUT2D eigenvalue weighted by Gasteiger charge is 2.18. The highest BCUT2D eigenvalue weighted by molar-refractivity contribution is 7.89. The minimum atomic E-state index is -3.76. The Morgan fingerprint density at radius 1 is 1.29 bits per heavy atom. The lowest BCUT2D eigenvalue weighted by Gasteiger charge is -2.09. The zero-order valence-electron chi connectivity index (χ0n) is 11.1. The Balaban J connectivity index is 2.10. The van der Waals surface area contributed by atoms with E-state index in [1.54, 1.807) is 12.1 Å². The molecule has 1 aromatic heterocycles. The molecular weight excluding hydrogens is 294 g/mol. The number of primary amides is 1. The summed E-state index contributed by atoms with van der Waals surface area (Å²) in [7, 11) is -3.76. The predicted molar refractivity (Wildman–Crippen MR) is 77.0 cm³/mol. The number of rotatable bonds is 6. The standard InChI is InChI=1S/C13H15N3O4S/c14-11-8-9(13(15)17)3-4-12(11)21(18,19)16-6-5-10-2-1-7-20-10/h1-4,7-8,16H,5-6,14H2,(H2,15,17). The molecule has 8 heteroatoms. The second-order valence-electron chi connectivity index (χ2n) is 4.34. The first kappa shape index (κ1) is 15.1. The molecule has 0 saturated heterocycles. The van der Waals surface area contributed by atoms with E-state index in [9.17, 15) is 13.2 Å². The molecule has 0 radical (unpaired) electrons. The molecule has 1 aromatic carbocycles. The van der Waals surface area contributed by atoms with Gasteiger partial charge in [-0.2, -0.15) is 0 Å². The van der Waals surface area contributed by atoms with Crippen molar-refractivity contribution in [2.75, 3.05) is 12.3 Å². The van der Waals surface area contributed by atoms with Gasteiger partial charge in [0.1, 0.15) is 10.7 Å². The van der Waals surface area contributed by atoms with Crippen molar-refractivity contribution in [1.82, 2.24) is 4.72 Å². The molecule has 0 aliphatic rings. The summed E-state index contributed by atoms with van der Waals surface area (Å²) < 4.78 is 31.8. The second kappa shape index (κ2) is 5.98. The molecule has 7 nitrogen and oxygen atoms in total. The molecule has 2 aromatic rings. The van der Waals surface area contributed by atoms with Gasteiger partial charge in [-0.05, 0) is 30.3 Å². The summed E-state index contributed by atoms with van der Waals surface area (Å²) in [4.78, 5) is 10.9. The van der Waals surface area contributed by atoms with E-state index in [1.165, 1.54) is 24.5 Å². The zero-order chi connectivity index (χ0) is 15.5. The molecule has 2 rings (SSSR count). The van der Waals surface area contributed by atoms with Gasteiger partial charge in [0.15, 0.2) is 0 Å². The fourth-order valence-corrected chi connectivity index (χ4v) is 2.93. The van der Waals surface area contributed by atoms with Gasteiger partial charge >= 0.3 is 0 Å². The maximum absolute atomic E-state index is 12.1. The first-order valence-corrected chi connectivity index (χ1v) is 7.60. The maximum Gasteiger partial charge on any atom is 0.248 e. The van der Waals surface area contributed by atoms with Crippen LogP contribution in [0.3, 0.4) is 0 Å². The number of nitrogens with two attached hydrogens (primary N) is 2. The molecule has 0 aliphatic carbocycles. The van der Waals surface area contributed by atoms with Gasteiger partial charge in [-0.15, -0.1) is 0 Å². The van der Waals surface area contributed by atoms with Crippen LogP contribution in [0, 0.1) is 0 Å². The Labute approximate surface area is 122 Å². The number of carbonyl (C=O) groups excluding carboxylic acids is 1. The maximum atomic E-state index is 12.1. The Morgan fingerprint density at radius 3 is 2.62 bits per heavy atom. The largest absolute Gasteiger partial charge is 0.469 e. The quantitative estimate of drug-likeness (QED) is 0.669. The lowest BCUT2D eigenvalue weighted by molar-refractivity contribution is 0.1000. The van der Waals surface area contributed by atoms with Gasteiger partial charge in [0.05, 0.1) is 12.0 Å². The molecule has 1 amide bonds. The summed E-state index contributed by atoms with van der Waals surface area (Å²) in [6.45, 7) is 0.173. The van der Waals surface area contributed by atoms with Gasteiger partial charge in [-0.1, -0.05) is 0 Å². The fraction of sp³-hybridized carbons (Fsp3) is 0.154. The van der Waals surface area contributed by atoms with Crippen LogP contribution in [0.2, 0.25) is 0 Å². The normalized spacial score (nSPS) is 11.4. The minimum absolute atomic E-state index is 0.0307. The van der Waals surface area contributed by atoms with Crippen molar-refractivity contribution in [3.05, 3.63) is 47.9 Å². The number of carbonyl (C=O) groups is 1. The third kappa shape index (κ3) is 3.61. The van der Waals surface area contributed by atoms with Crippen LogP contribution < -0.4 is 16.2 Å². The first-order valence-electron chi connectivity index (χ1n) is 6.11. The number of hydrogen-bond donors (Lipinski definition) is 3. The van der Waals surface area contributed by atoms with Gasteiger partial charge in [0.2, 0.25) is 15.9 Å². The topological polar surface area (TPSA) is 128 Å². The fourth-order valence-electron chi connectivity index (χ4n) is 1.79. The van der Waals surface area contributed by atoms with Crippen molar-refractivity contribution >= 4 is 21.6 Å². The van der Waals surface area contributed by atoms with Crippen molar-refractivity contribution in [3.8, 4) is 0 Å². The zero-order valence-corrected chi connectivity index (χ0v) is 11.9. The Bertz CT molecular complexity index is 739. The molecule has 0 fully saturated rings. The van der Waals surface area contributed by atoms with E-state index in [2.05, 4.69) is 4.72 Å². The summed E-state index contributed by atoms with van der Waals surface area (Å²) in [5, 5.41) is 0. The summed E-state index contributed by atoms with van der Waals surface area (Å²) >= 11 is 0. The van der Waals surface area contributed by atoms with Crippen LogP contribution >= 0.6 is 0 Å². The summed E-state index contributed by atoms with van der Waals surface area (Å²) in [6.07, 6.45) is 1.94. The van der Waals surface area contributed by atoms with E-state index >= 15 is 0 Å². The minimum Gasteiger partial charge on any atom is -0.469 e. The number of amides is 1. The van der Waals surface area contributed by atoms with Crippen molar-refractivity contribution in [2.45, 2.75) is 11.3 Å². The number of sulfonamides is 1. The third-order valence-corrected chi connectivity index (χ3v) is 4.36. The average Bonchev–Trinajstić information content (AvgIpc) is 2.91. The predicted octanol–water partition coefficient (Wildman–Crippen LogP) is 0.482. The van der Waals surface area contributed by atoms with E-state index in [-0.39, 0.29) is 22.7 Å². The SMILES string of the molecule is NC(=O)c1ccc(S(=O)(=O)NCCc2ccco2)c(N)c1. The molecule has 0 spiro atoms. The van der Waals surface area contributed by atoms with E-state index in [4.69, 9.17) is 15.9 Å². The van der Waals surface area contributed by atoms with Crippen LogP contribution in [0.4, 0.5) is 5.69 Å². The van der Waals surface area contributed by atoms with Gasteiger partial charge in [0.25, 0.3) is 0 Å². The van der Waals surface area contributed by atoms with Crippen LogP contribution in [0.25, 0.3) is 0 Å². The molecule has 21 heavy (non-hydrogen) atoms. The van der Waals surface area contributed by atoms with Crippen LogP contribution in [-0.4, -0.2) is 20.9 Å². The van der Waals surface area contributed by atoms with E-state index < -0.39 is 15.9 Å². The number of anilines is 1. The highest BCUT2D eigenvalue weighted by atomic mass is 32.2. The first-order chi connectivity index (χ1) is 9.90. The molecule has 0 unspecified atom stereocenters. The van der Waals surface area contributed by atoms with E-state index in [0.29, 0.717) is 12.2 Å². The van der Waals surface area contributed by atoms with Gasteiger partial charge in [-0.3, -0.25) is 4.79 Å². The molecule has 0 saturated carbocycles.